The number of aryl methyl sites for hydroxylation is 2. The summed E-state index contributed by atoms with van der Waals surface area (Å²) in [6, 6.07) is 25.9. The molecule has 280 valence electrons. The van der Waals surface area contributed by atoms with E-state index < -0.39 is 29.5 Å². The number of alkyl halides is 6. The highest BCUT2D eigenvalue weighted by Gasteiger charge is 2.37. The second-order valence-corrected chi connectivity index (χ2v) is 12.5. The van der Waals surface area contributed by atoms with Gasteiger partial charge in [0.25, 0.3) is 0 Å². The predicted octanol–water partition coefficient (Wildman–Crippen LogP) is 9.34. The van der Waals surface area contributed by atoms with Crippen LogP contribution in [0.2, 0.25) is 0 Å². The van der Waals surface area contributed by atoms with Gasteiger partial charge in [0.15, 0.2) is 0 Å². The molecule has 0 bridgehead atoms. The van der Waals surface area contributed by atoms with Gasteiger partial charge in [-0.15, -0.1) is 24.8 Å². The number of benzene rings is 4. The van der Waals surface area contributed by atoms with Crippen LogP contribution in [0.5, 0.6) is 0 Å². The lowest BCUT2D eigenvalue weighted by molar-refractivity contribution is -0.143. The van der Waals surface area contributed by atoms with Crippen LogP contribution in [0, 0.1) is 13.8 Å². The lowest BCUT2D eigenvalue weighted by Crippen LogP contribution is -2.53. The topological polar surface area (TPSA) is 51.2 Å². The van der Waals surface area contributed by atoms with Crippen LogP contribution in [0.1, 0.15) is 39.4 Å². The summed E-state index contributed by atoms with van der Waals surface area (Å²) in [6.45, 7) is 6.00. The van der Waals surface area contributed by atoms with Crippen LogP contribution in [0.15, 0.2) is 102 Å². The van der Waals surface area contributed by atoms with Crippen LogP contribution in [0.4, 0.5) is 37.7 Å². The molecular formula is C38H41Cl2F6N5O. The number of hydrogen-bond donors (Lipinski definition) is 1. The van der Waals surface area contributed by atoms with Gasteiger partial charge in [-0.25, -0.2) is 4.99 Å². The zero-order chi connectivity index (χ0) is 36.1. The molecule has 52 heavy (non-hydrogen) atoms. The zero-order valence-corrected chi connectivity index (χ0v) is 30.5. The standard InChI is InChI=1S/C38H39F6N5O.2ClH/c1-26-9-13-32(14-10-26)45-36(46-33-15-11-27(2)12-16-33)49-21-19-48(20-22-49)34(29-7-5-4-6-8-29)35(50)47(3)18-17-28-23-30(37(39,40)41)25-31(24-28)38(42,43)44;;/h4-16,23-25,34H,17-22H2,1-3H3,(H,45,46);2*1H/t34-;;/m0../s1. The van der Waals surface area contributed by atoms with Crippen LogP contribution in [-0.2, 0) is 23.6 Å². The number of aliphatic imine (C=N–C) groups is 1. The second-order valence-electron chi connectivity index (χ2n) is 12.5. The Morgan fingerprint density at radius 1 is 0.769 bits per heavy atom. The van der Waals surface area contributed by atoms with Gasteiger partial charge in [0.05, 0.1) is 16.8 Å². The molecule has 1 amide bonds. The van der Waals surface area contributed by atoms with Gasteiger partial charge in [-0.3, -0.25) is 9.69 Å². The number of rotatable bonds is 8. The van der Waals surface area contributed by atoms with Crippen LogP contribution < -0.4 is 5.32 Å². The van der Waals surface area contributed by atoms with E-state index in [4.69, 9.17) is 4.99 Å². The van der Waals surface area contributed by atoms with Gasteiger partial charge in [0, 0.05) is 45.5 Å². The van der Waals surface area contributed by atoms with E-state index in [-0.39, 0.29) is 55.3 Å². The Kier molecular flexibility index (Phi) is 14.6. The number of carbonyl (C=O) groups excluding carboxylic acids is 1. The largest absolute Gasteiger partial charge is 0.416 e. The van der Waals surface area contributed by atoms with Crippen LogP contribution in [0.3, 0.4) is 0 Å². The summed E-state index contributed by atoms with van der Waals surface area (Å²) in [6.07, 6.45) is -10.1. The first kappa shape index (κ1) is 42.2. The third-order valence-electron chi connectivity index (χ3n) is 8.66. The summed E-state index contributed by atoms with van der Waals surface area (Å²) in [5, 5.41) is 3.46. The Morgan fingerprint density at radius 2 is 1.29 bits per heavy atom. The minimum absolute atomic E-state index is 0. The number of nitrogens with zero attached hydrogens (tertiary/aromatic N) is 4. The molecule has 1 aliphatic heterocycles. The van der Waals surface area contributed by atoms with Crippen molar-refractivity contribution in [2.75, 3.05) is 45.1 Å². The van der Waals surface area contributed by atoms with Gasteiger partial charge in [0.2, 0.25) is 11.9 Å². The highest BCUT2D eigenvalue weighted by molar-refractivity contribution is 5.95. The molecule has 14 heteroatoms. The molecule has 4 aromatic carbocycles. The van der Waals surface area contributed by atoms with E-state index in [0.29, 0.717) is 44.3 Å². The molecular weight excluding hydrogens is 727 g/mol. The molecule has 1 heterocycles. The number of piperazine rings is 1. The van der Waals surface area contributed by atoms with Gasteiger partial charge in [-0.05, 0) is 73.9 Å². The maximum atomic E-state index is 14.0. The minimum atomic E-state index is -4.95. The SMILES string of the molecule is Cc1ccc(N=C(Nc2ccc(C)cc2)N2CCN([C@H](C(=O)N(C)CCc3cc(C(F)(F)F)cc(C(F)(F)F)c3)c3ccccc3)CC2)cc1.Cl.Cl. The fraction of sp³-hybridized carbons (Fsp3) is 0.316. The third kappa shape index (κ3) is 11.1. The average Bonchev–Trinajstić information content (AvgIpc) is 3.09. The van der Waals surface area contributed by atoms with E-state index in [1.165, 1.54) is 11.9 Å². The molecule has 4 aromatic rings. The number of guanidine groups is 1. The molecule has 0 radical (unpaired) electrons. The molecule has 1 saturated heterocycles. The van der Waals surface area contributed by atoms with E-state index in [1.54, 1.807) is 0 Å². The lowest BCUT2D eigenvalue weighted by Gasteiger charge is -2.41. The van der Waals surface area contributed by atoms with Crippen LogP contribution in [-0.4, -0.2) is 66.3 Å². The number of halogens is 8. The Labute approximate surface area is 312 Å². The molecule has 1 aliphatic rings. The Morgan fingerprint density at radius 3 is 1.81 bits per heavy atom. The number of hydrogen-bond acceptors (Lipinski definition) is 3. The zero-order valence-electron chi connectivity index (χ0n) is 28.8. The number of anilines is 1. The fourth-order valence-corrected chi connectivity index (χ4v) is 5.80. The fourth-order valence-electron chi connectivity index (χ4n) is 5.80. The Bertz CT molecular complexity index is 1750. The molecule has 1 N–H and O–H groups in total. The summed E-state index contributed by atoms with van der Waals surface area (Å²) in [4.78, 5) is 24.5. The van der Waals surface area contributed by atoms with Crippen molar-refractivity contribution in [3.8, 4) is 0 Å². The quantitative estimate of drug-likeness (QED) is 0.110. The van der Waals surface area contributed by atoms with Crippen molar-refractivity contribution in [1.82, 2.24) is 14.7 Å². The second kappa shape index (κ2) is 18.0. The predicted molar refractivity (Wildman–Crippen MR) is 198 cm³/mol. The molecule has 0 spiro atoms. The molecule has 0 unspecified atom stereocenters. The van der Waals surface area contributed by atoms with Crippen molar-refractivity contribution >= 4 is 48.1 Å². The van der Waals surface area contributed by atoms with E-state index in [0.717, 1.165) is 28.1 Å². The summed E-state index contributed by atoms with van der Waals surface area (Å²) < 4.78 is 80.6. The minimum Gasteiger partial charge on any atom is -0.344 e. The Balaban J connectivity index is 0.00000364. The van der Waals surface area contributed by atoms with Crippen molar-refractivity contribution in [2.24, 2.45) is 4.99 Å². The first-order valence-electron chi connectivity index (χ1n) is 16.2. The normalized spacial score (nSPS) is 14.6. The Hall–Kier alpha value is -4.26. The first-order chi connectivity index (χ1) is 23.7. The van der Waals surface area contributed by atoms with Gasteiger partial charge in [-0.2, -0.15) is 26.3 Å². The highest BCUT2D eigenvalue weighted by atomic mass is 35.5. The monoisotopic (exact) mass is 767 g/mol. The molecule has 0 aliphatic carbocycles. The van der Waals surface area contributed by atoms with E-state index in [2.05, 4.69) is 10.2 Å². The number of nitrogens with one attached hydrogen (secondary N) is 1. The van der Waals surface area contributed by atoms with Crippen LogP contribution >= 0.6 is 24.8 Å². The summed E-state index contributed by atoms with van der Waals surface area (Å²) in [5.74, 6) is 0.357. The average molecular weight is 769 g/mol. The van der Waals surface area contributed by atoms with Crippen molar-refractivity contribution in [1.29, 1.82) is 0 Å². The molecule has 0 aromatic heterocycles. The summed E-state index contributed by atoms with van der Waals surface area (Å²) in [5.41, 5.74) is 1.75. The molecule has 1 atom stereocenters. The van der Waals surface area contributed by atoms with Crippen LogP contribution in [0.25, 0.3) is 0 Å². The van der Waals surface area contributed by atoms with Crippen molar-refractivity contribution in [2.45, 2.75) is 38.7 Å². The highest BCUT2D eigenvalue weighted by Crippen LogP contribution is 2.36. The van der Waals surface area contributed by atoms with Crippen molar-refractivity contribution in [3.63, 3.8) is 0 Å². The third-order valence-corrected chi connectivity index (χ3v) is 8.66. The maximum Gasteiger partial charge on any atom is 0.416 e. The van der Waals surface area contributed by atoms with Gasteiger partial charge >= 0.3 is 12.4 Å². The lowest BCUT2D eigenvalue weighted by atomic mass is 10.0. The van der Waals surface area contributed by atoms with E-state index in [9.17, 15) is 31.1 Å². The molecule has 0 saturated carbocycles. The number of likely N-dealkylation sites (N-methyl/N-ethyl adjacent to an activating group) is 1. The van der Waals surface area contributed by atoms with E-state index >= 15 is 0 Å². The number of amides is 1. The molecule has 6 nitrogen and oxygen atoms in total. The first-order valence-corrected chi connectivity index (χ1v) is 16.2. The van der Waals surface area contributed by atoms with E-state index in [1.807, 2.05) is 97.6 Å². The van der Waals surface area contributed by atoms with Gasteiger partial charge < -0.3 is 15.1 Å². The van der Waals surface area contributed by atoms with Gasteiger partial charge in [0.1, 0.15) is 6.04 Å². The smallest absolute Gasteiger partial charge is 0.344 e. The molecule has 5 rings (SSSR count). The van der Waals surface area contributed by atoms with Crippen molar-refractivity contribution in [3.05, 3.63) is 130 Å². The number of carbonyl (C=O) groups is 1. The maximum absolute atomic E-state index is 14.0. The van der Waals surface area contributed by atoms with Gasteiger partial charge in [-0.1, -0.05) is 65.7 Å². The van der Waals surface area contributed by atoms with Crippen molar-refractivity contribution < 1.29 is 31.1 Å². The summed E-state index contributed by atoms with van der Waals surface area (Å²) >= 11 is 0. The molecule has 1 fully saturated rings. The summed E-state index contributed by atoms with van der Waals surface area (Å²) in [7, 11) is 1.52.